The van der Waals surface area contributed by atoms with Gasteiger partial charge in [-0.15, -0.1) is 0 Å². The fraction of sp³-hybridized carbons (Fsp3) is 0.529. The van der Waals surface area contributed by atoms with Crippen LogP contribution in [0, 0.1) is 3.57 Å². The van der Waals surface area contributed by atoms with Crippen molar-refractivity contribution < 1.29 is 73.7 Å². The molecule has 0 saturated carbocycles. The number of alkyl halides is 9. The van der Waals surface area contributed by atoms with E-state index < -0.39 is 60.3 Å². The summed E-state index contributed by atoms with van der Waals surface area (Å²) in [7, 11) is -6.09. The van der Waals surface area contributed by atoms with Crippen molar-refractivity contribution in [2.75, 3.05) is 0 Å². The van der Waals surface area contributed by atoms with E-state index in [1.807, 2.05) is 17.9 Å². The molecule has 0 N–H and O–H groups in total. The van der Waals surface area contributed by atoms with E-state index in [1.54, 1.807) is 0 Å². The van der Waals surface area contributed by atoms with Crippen LogP contribution in [0.5, 0.6) is 0 Å². The quantitative estimate of drug-likeness (QED) is 0.218. The van der Waals surface area contributed by atoms with Crippen molar-refractivity contribution >= 4 is 10.1 Å². The van der Waals surface area contributed by atoms with E-state index >= 15 is 0 Å². The van der Waals surface area contributed by atoms with Gasteiger partial charge < -0.3 is 4.55 Å². The highest BCUT2D eigenvalue weighted by molar-refractivity contribution is 7.86. The lowest BCUT2D eigenvalue weighted by Crippen LogP contribution is -3.59. The molecule has 0 saturated heterocycles. The van der Waals surface area contributed by atoms with Crippen LogP contribution >= 0.6 is 0 Å². The molecular weight excluding hydrogens is 582 g/mol. The SMILES string of the molecule is CCCC/C(=C\[I+]c1cc(C(F)(F)F)cc(C(F)(F)F)c1)CC.O=S(=O)([O-])C(F)(F)F. The predicted molar refractivity (Wildman–Crippen MR) is 88.8 cm³/mol. The Kier molecular flexibility index (Phi) is 11.3. The zero-order valence-corrected chi connectivity index (χ0v) is 19.0. The van der Waals surface area contributed by atoms with Gasteiger partial charge in [0, 0.05) is 12.1 Å². The number of unbranched alkanes of at least 4 members (excludes halogenated alkanes) is 1. The zero-order valence-electron chi connectivity index (χ0n) is 16.1. The van der Waals surface area contributed by atoms with Gasteiger partial charge in [-0.1, -0.05) is 20.3 Å². The van der Waals surface area contributed by atoms with E-state index in [0.29, 0.717) is 0 Å². The maximum atomic E-state index is 12.8. The van der Waals surface area contributed by atoms with Crippen LogP contribution in [0.1, 0.15) is 50.7 Å². The second-order valence-corrected chi connectivity index (χ2v) is 9.82. The van der Waals surface area contributed by atoms with Crippen LogP contribution in [0.4, 0.5) is 39.5 Å². The fourth-order valence-electron chi connectivity index (χ4n) is 1.83. The standard InChI is InChI=1S/C16H18F6I.CHF3O3S/c1-3-5-6-11(4-2)10-23-14-8-12(15(17,18)19)7-13(9-14)16(20,21)22;2-1(3,4)8(5,6)7/h7-10H,3-6H2,1-2H3;(H,5,6,7)/q+1;/p-1/b11-10-;. The Hall–Kier alpha value is -1.03. The summed E-state index contributed by atoms with van der Waals surface area (Å²) in [5, 5.41) is 0. The Morgan fingerprint density at radius 2 is 1.35 bits per heavy atom. The molecule has 1 rings (SSSR count). The van der Waals surface area contributed by atoms with Gasteiger partial charge in [-0.05, 0) is 30.9 Å². The van der Waals surface area contributed by atoms with Gasteiger partial charge in [-0.2, -0.15) is 39.5 Å². The molecule has 1 aromatic carbocycles. The van der Waals surface area contributed by atoms with Crippen LogP contribution in [-0.4, -0.2) is 18.5 Å². The summed E-state index contributed by atoms with van der Waals surface area (Å²) in [6.07, 6.45) is -5.97. The van der Waals surface area contributed by atoms with Gasteiger partial charge in [0.25, 0.3) is 0 Å². The van der Waals surface area contributed by atoms with Gasteiger partial charge in [-0.25, -0.2) is 8.42 Å². The number of hydrogen-bond donors (Lipinski definition) is 0. The van der Waals surface area contributed by atoms with Crippen LogP contribution in [-0.2, 0) is 22.5 Å². The van der Waals surface area contributed by atoms with E-state index in [0.717, 1.165) is 43.4 Å². The maximum Gasteiger partial charge on any atom is 0.485 e. The summed E-state index contributed by atoms with van der Waals surface area (Å²) >= 11 is -1.03. The Morgan fingerprint density at radius 3 is 1.65 bits per heavy atom. The van der Waals surface area contributed by atoms with Gasteiger partial charge in [0.05, 0.1) is 11.1 Å². The maximum absolute atomic E-state index is 12.8. The molecule has 3 nitrogen and oxygen atoms in total. The van der Waals surface area contributed by atoms with Gasteiger partial charge in [-0.3, -0.25) is 0 Å². The van der Waals surface area contributed by atoms with Crippen LogP contribution in [0.3, 0.4) is 0 Å². The number of allylic oxidation sites excluding steroid dienone is 1. The van der Waals surface area contributed by atoms with Crippen LogP contribution in [0.2, 0.25) is 0 Å². The van der Waals surface area contributed by atoms with Crippen molar-refractivity contribution in [2.24, 2.45) is 0 Å². The zero-order chi connectivity index (χ0) is 24.7. The number of benzene rings is 1. The first kappa shape index (κ1) is 30.0. The molecule has 1 aromatic rings. The normalized spacial score (nSPS) is 13.6. The van der Waals surface area contributed by atoms with Crippen LogP contribution in [0.25, 0.3) is 0 Å². The second-order valence-electron chi connectivity index (χ2n) is 5.96. The highest BCUT2D eigenvalue weighted by Gasteiger charge is 2.38. The molecule has 14 heteroatoms. The minimum Gasteiger partial charge on any atom is -0.741 e. The molecule has 0 bridgehead atoms. The topological polar surface area (TPSA) is 57.2 Å². The number of hydrogen-bond acceptors (Lipinski definition) is 3. The molecule has 0 amide bonds. The summed E-state index contributed by atoms with van der Waals surface area (Å²) in [6, 6.07) is 1.85. The molecule has 0 atom stereocenters. The van der Waals surface area contributed by atoms with Gasteiger partial charge in [0.2, 0.25) is 0 Å². The van der Waals surface area contributed by atoms with Gasteiger partial charge >= 0.3 is 39.1 Å². The first-order valence-corrected chi connectivity index (χ1v) is 12.2. The van der Waals surface area contributed by atoms with Crippen molar-refractivity contribution in [3.05, 3.63) is 42.6 Å². The Bertz CT molecular complexity index is 810. The summed E-state index contributed by atoms with van der Waals surface area (Å²) < 4.78 is 138. The molecule has 31 heavy (non-hydrogen) atoms. The second kappa shape index (κ2) is 11.7. The molecule has 0 aromatic heterocycles. The largest absolute Gasteiger partial charge is 0.741 e. The molecule has 0 unspecified atom stereocenters. The molecule has 0 aliphatic rings. The van der Waals surface area contributed by atoms with Gasteiger partial charge in [0.15, 0.2) is 17.8 Å². The highest BCUT2D eigenvalue weighted by atomic mass is 127. The minimum atomic E-state index is -6.09. The van der Waals surface area contributed by atoms with E-state index in [2.05, 4.69) is 0 Å². The number of rotatable bonds is 6. The molecule has 0 fully saturated rings. The number of halogens is 10. The highest BCUT2D eigenvalue weighted by Crippen LogP contribution is 2.35. The van der Waals surface area contributed by atoms with Crippen molar-refractivity contribution in [3.63, 3.8) is 0 Å². The van der Waals surface area contributed by atoms with E-state index in [9.17, 15) is 39.5 Å². The Labute approximate surface area is 183 Å². The molecule has 0 aliphatic heterocycles. The lowest BCUT2D eigenvalue weighted by atomic mass is 10.1. The fourth-order valence-corrected chi connectivity index (χ4v) is 4.41. The van der Waals surface area contributed by atoms with Crippen molar-refractivity contribution in [2.45, 2.75) is 57.4 Å². The first-order valence-electron chi connectivity index (χ1n) is 8.45. The third-order valence-corrected chi connectivity index (χ3v) is 6.58. The average Bonchev–Trinajstić information content (AvgIpc) is 2.59. The Balaban J connectivity index is 0.000000954. The molecule has 0 radical (unpaired) electrons. The van der Waals surface area contributed by atoms with Gasteiger partial charge in [0.1, 0.15) is 0 Å². The monoisotopic (exact) mass is 600 g/mol. The van der Waals surface area contributed by atoms with Crippen molar-refractivity contribution in [1.29, 1.82) is 0 Å². The summed E-state index contributed by atoms with van der Waals surface area (Å²) in [5.41, 5.74) is -7.01. The summed E-state index contributed by atoms with van der Waals surface area (Å²) in [4.78, 5) is 0. The molecule has 180 valence electrons. The molecule has 0 spiro atoms. The van der Waals surface area contributed by atoms with E-state index in [-0.39, 0.29) is 9.64 Å². The van der Waals surface area contributed by atoms with Crippen molar-refractivity contribution in [1.82, 2.24) is 0 Å². The lowest BCUT2D eigenvalue weighted by Gasteiger charge is -2.10. The van der Waals surface area contributed by atoms with Crippen LogP contribution < -0.4 is 21.2 Å². The molecular formula is C17H18F9IO3S. The van der Waals surface area contributed by atoms with Crippen molar-refractivity contribution in [3.8, 4) is 0 Å². The minimum absolute atomic E-state index is 0.133. The third-order valence-electron chi connectivity index (χ3n) is 3.48. The summed E-state index contributed by atoms with van der Waals surface area (Å²) in [6.45, 7) is 3.98. The Morgan fingerprint density at radius 1 is 0.935 bits per heavy atom. The molecule has 0 aliphatic carbocycles. The first-order chi connectivity index (χ1) is 13.8. The lowest BCUT2D eigenvalue weighted by molar-refractivity contribution is -0.558. The predicted octanol–water partition coefficient (Wildman–Crippen LogP) is 3.52. The smallest absolute Gasteiger partial charge is 0.485 e. The van der Waals surface area contributed by atoms with E-state index in [4.69, 9.17) is 13.0 Å². The molecule has 0 heterocycles. The third kappa shape index (κ3) is 11.4. The van der Waals surface area contributed by atoms with Crippen LogP contribution in [0.15, 0.2) is 27.9 Å². The average molecular weight is 600 g/mol. The summed E-state index contributed by atoms with van der Waals surface area (Å²) in [5.74, 6) is 0. The van der Waals surface area contributed by atoms with E-state index in [1.165, 1.54) is 0 Å².